The lowest BCUT2D eigenvalue weighted by Crippen LogP contribution is -2.39. The van der Waals surface area contributed by atoms with Crippen LogP contribution in [-0.4, -0.2) is 37.9 Å². The maximum Gasteiger partial charge on any atom is 0.260 e. The van der Waals surface area contributed by atoms with Gasteiger partial charge in [0.05, 0.1) is 23.2 Å². The van der Waals surface area contributed by atoms with E-state index in [0.29, 0.717) is 5.02 Å². The maximum absolute atomic E-state index is 12.5. The van der Waals surface area contributed by atoms with Gasteiger partial charge in [-0.3, -0.25) is 9.10 Å². The van der Waals surface area contributed by atoms with Gasteiger partial charge in [-0.1, -0.05) is 45.2 Å². The Morgan fingerprint density at radius 1 is 1.18 bits per heavy atom. The molecular weight excluding hydrogens is 551 g/mol. The molecule has 0 aliphatic rings. The van der Waals surface area contributed by atoms with Crippen LogP contribution in [0.25, 0.3) is 5.69 Å². The third-order valence-electron chi connectivity index (χ3n) is 4.79. The number of hydrazone groups is 1. The number of benzene rings is 2. The van der Waals surface area contributed by atoms with Gasteiger partial charge >= 0.3 is 0 Å². The number of carbonyl (C=O) groups is 1. The molecule has 2 aromatic carbocycles. The SMILES string of the molecule is Cc1cc(/C=N\NC(=O)CN(c2cc(Cl)ccc2Cl)S(C)(=O)=O)c(C)n1-c1cccc(Br)c1. The summed E-state index contributed by atoms with van der Waals surface area (Å²) in [4.78, 5) is 12.5. The minimum atomic E-state index is -3.80. The molecule has 1 aromatic heterocycles. The van der Waals surface area contributed by atoms with Gasteiger partial charge in [0.1, 0.15) is 6.54 Å². The topological polar surface area (TPSA) is 83.8 Å². The number of sulfonamides is 1. The van der Waals surface area contributed by atoms with Crippen LogP contribution >= 0.6 is 39.1 Å². The Labute approximate surface area is 211 Å². The van der Waals surface area contributed by atoms with E-state index < -0.39 is 22.5 Å². The number of amides is 1. The lowest BCUT2D eigenvalue weighted by atomic mass is 10.2. The first-order chi connectivity index (χ1) is 15.5. The molecule has 0 spiro atoms. The summed E-state index contributed by atoms with van der Waals surface area (Å²) in [5, 5.41) is 4.46. The quantitative estimate of drug-likeness (QED) is 0.317. The highest BCUT2D eigenvalue weighted by molar-refractivity contribution is 9.10. The highest BCUT2D eigenvalue weighted by atomic mass is 79.9. The molecule has 3 aromatic rings. The molecule has 11 heteroatoms. The van der Waals surface area contributed by atoms with Crippen LogP contribution in [0.1, 0.15) is 17.0 Å². The third kappa shape index (κ3) is 6.17. The van der Waals surface area contributed by atoms with Crippen molar-refractivity contribution in [2.24, 2.45) is 5.10 Å². The van der Waals surface area contributed by atoms with E-state index in [-0.39, 0.29) is 10.7 Å². The molecule has 3 rings (SSSR count). The second kappa shape index (κ2) is 10.3. The number of nitrogens with one attached hydrogen (secondary N) is 1. The molecule has 7 nitrogen and oxygen atoms in total. The second-order valence-electron chi connectivity index (χ2n) is 7.30. The number of aryl methyl sites for hydroxylation is 1. The Bertz CT molecular complexity index is 1340. The van der Waals surface area contributed by atoms with Gasteiger partial charge in [0.2, 0.25) is 10.0 Å². The molecule has 0 radical (unpaired) electrons. The first-order valence-electron chi connectivity index (χ1n) is 9.67. The minimum absolute atomic E-state index is 0.114. The summed E-state index contributed by atoms with van der Waals surface area (Å²) in [5.41, 5.74) is 6.22. The molecule has 174 valence electrons. The number of rotatable bonds is 7. The molecule has 1 N–H and O–H groups in total. The van der Waals surface area contributed by atoms with Gasteiger partial charge in [-0.25, -0.2) is 13.8 Å². The standard InChI is InChI=1S/C22H21BrCl2N4O3S/c1-14-9-16(15(2)29(14)19-6-4-5-17(23)10-19)12-26-27-22(30)13-28(33(3,31)32)21-11-18(24)7-8-20(21)25/h4-12H,13H2,1-3H3,(H,27,30)/b26-12-. The van der Waals surface area contributed by atoms with Crippen molar-refractivity contribution < 1.29 is 13.2 Å². The van der Waals surface area contributed by atoms with Crippen LogP contribution in [0.5, 0.6) is 0 Å². The number of carbonyl (C=O) groups excluding carboxylic acids is 1. The van der Waals surface area contributed by atoms with E-state index in [2.05, 4.69) is 31.0 Å². The normalized spacial score (nSPS) is 11.7. The monoisotopic (exact) mass is 570 g/mol. The van der Waals surface area contributed by atoms with Crippen molar-refractivity contribution in [3.63, 3.8) is 0 Å². The minimum Gasteiger partial charge on any atom is -0.318 e. The number of nitrogens with zero attached hydrogens (tertiary/aromatic N) is 3. The van der Waals surface area contributed by atoms with E-state index in [1.165, 1.54) is 24.4 Å². The van der Waals surface area contributed by atoms with E-state index in [4.69, 9.17) is 23.2 Å². The Balaban J connectivity index is 1.77. The molecule has 0 atom stereocenters. The fourth-order valence-corrected chi connectivity index (χ4v) is 5.01. The van der Waals surface area contributed by atoms with Crippen molar-refractivity contribution in [3.8, 4) is 5.69 Å². The van der Waals surface area contributed by atoms with E-state index >= 15 is 0 Å². The van der Waals surface area contributed by atoms with Crippen molar-refractivity contribution in [1.82, 2.24) is 9.99 Å². The van der Waals surface area contributed by atoms with Crippen LogP contribution in [0, 0.1) is 13.8 Å². The summed E-state index contributed by atoms with van der Waals surface area (Å²) >= 11 is 15.6. The van der Waals surface area contributed by atoms with Crippen LogP contribution in [-0.2, 0) is 14.8 Å². The van der Waals surface area contributed by atoms with E-state index in [0.717, 1.165) is 37.7 Å². The fraction of sp³-hybridized carbons (Fsp3) is 0.182. The predicted molar refractivity (Wildman–Crippen MR) is 137 cm³/mol. The molecule has 1 amide bonds. The van der Waals surface area contributed by atoms with Gasteiger partial charge in [0.15, 0.2) is 0 Å². The summed E-state index contributed by atoms with van der Waals surface area (Å²) in [5.74, 6) is -0.631. The van der Waals surface area contributed by atoms with Crippen molar-refractivity contribution >= 4 is 67.0 Å². The van der Waals surface area contributed by atoms with Gasteiger partial charge in [-0.15, -0.1) is 0 Å². The Morgan fingerprint density at radius 3 is 2.58 bits per heavy atom. The number of anilines is 1. The molecule has 0 fully saturated rings. The predicted octanol–water partition coefficient (Wildman–Crippen LogP) is 5.08. The van der Waals surface area contributed by atoms with Gasteiger partial charge in [0.25, 0.3) is 5.91 Å². The number of halogens is 3. The van der Waals surface area contributed by atoms with Crippen LogP contribution in [0.4, 0.5) is 5.69 Å². The van der Waals surface area contributed by atoms with Crippen LogP contribution < -0.4 is 9.73 Å². The molecule has 1 heterocycles. The van der Waals surface area contributed by atoms with Crippen LogP contribution in [0.2, 0.25) is 10.0 Å². The van der Waals surface area contributed by atoms with Crippen molar-refractivity contribution in [3.05, 3.63) is 80.0 Å². The van der Waals surface area contributed by atoms with E-state index in [1.54, 1.807) is 0 Å². The first-order valence-corrected chi connectivity index (χ1v) is 13.1. The molecule has 0 saturated carbocycles. The number of hydrogen-bond donors (Lipinski definition) is 1. The zero-order chi connectivity index (χ0) is 24.3. The highest BCUT2D eigenvalue weighted by Gasteiger charge is 2.23. The zero-order valence-corrected chi connectivity index (χ0v) is 21.9. The summed E-state index contributed by atoms with van der Waals surface area (Å²) in [6, 6.07) is 14.2. The molecule has 33 heavy (non-hydrogen) atoms. The van der Waals surface area contributed by atoms with Gasteiger partial charge < -0.3 is 4.57 Å². The maximum atomic E-state index is 12.5. The number of hydrogen-bond acceptors (Lipinski definition) is 4. The largest absolute Gasteiger partial charge is 0.318 e. The van der Waals surface area contributed by atoms with Crippen molar-refractivity contribution in [2.45, 2.75) is 13.8 Å². The Hall–Kier alpha value is -2.33. The van der Waals surface area contributed by atoms with Crippen molar-refractivity contribution in [1.29, 1.82) is 0 Å². The third-order valence-corrected chi connectivity index (χ3v) is 6.97. The molecule has 0 aliphatic carbocycles. The van der Waals surface area contributed by atoms with Crippen LogP contribution in [0.15, 0.2) is 58.1 Å². The average molecular weight is 572 g/mol. The fourth-order valence-electron chi connectivity index (χ4n) is 3.33. The lowest BCUT2D eigenvalue weighted by molar-refractivity contribution is -0.119. The van der Waals surface area contributed by atoms with Gasteiger partial charge in [-0.05, 0) is 56.3 Å². The summed E-state index contributed by atoms with van der Waals surface area (Å²) in [7, 11) is -3.80. The van der Waals surface area contributed by atoms with Crippen molar-refractivity contribution in [2.75, 3.05) is 17.1 Å². The summed E-state index contributed by atoms with van der Waals surface area (Å²) < 4.78 is 28.5. The molecule has 0 bridgehead atoms. The smallest absolute Gasteiger partial charge is 0.260 e. The first kappa shape index (κ1) is 25.3. The summed E-state index contributed by atoms with van der Waals surface area (Å²) in [6.45, 7) is 3.42. The zero-order valence-electron chi connectivity index (χ0n) is 18.0. The molecule has 0 aliphatic heterocycles. The Morgan fingerprint density at radius 2 is 1.91 bits per heavy atom. The number of aromatic nitrogens is 1. The van der Waals surface area contributed by atoms with E-state index in [9.17, 15) is 13.2 Å². The van der Waals surface area contributed by atoms with E-state index in [1.807, 2.05) is 44.2 Å². The molecule has 0 saturated heterocycles. The van der Waals surface area contributed by atoms with Crippen LogP contribution in [0.3, 0.4) is 0 Å². The van der Waals surface area contributed by atoms with Gasteiger partial charge in [0, 0.05) is 32.1 Å². The average Bonchev–Trinajstić information content (AvgIpc) is 3.00. The molecule has 0 unspecified atom stereocenters. The second-order valence-corrected chi connectivity index (χ2v) is 11.0. The summed E-state index contributed by atoms with van der Waals surface area (Å²) in [6.07, 6.45) is 2.50. The molecular formula is C22H21BrCl2N4O3S. The van der Waals surface area contributed by atoms with Gasteiger partial charge in [-0.2, -0.15) is 5.10 Å². The highest BCUT2D eigenvalue weighted by Crippen LogP contribution is 2.30. The Kier molecular flexibility index (Phi) is 7.89. The lowest BCUT2D eigenvalue weighted by Gasteiger charge is -2.22.